The van der Waals surface area contributed by atoms with E-state index in [-0.39, 0.29) is 18.2 Å². The van der Waals surface area contributed by atoms with Gasteiger partial charge in [0, 0.05) is 17.3 Å². The first-order valence-corrected chi connectivity index (χ1v) is 8.89. The monoisotopic (exact) mass is 394 g/mol. The third-order valence-corrected chi connectivity index (χ3v) is 5.00. The summed E-state index contributed by atoms with van der Waals surface area (Å²) >= 11 is 0. The largest absolute Gasteiger partial charge is 0.504 e. The van der Waals surface area contributed by atoms with Gasteiger partial charge in [-0.15, -0.1) is 0 Å². The van der Waals surface area contributed by atoms with Crippen molar-refractivity contribution in [3.8, 4) is 28.4 Å². The van der Waals surface area contributed by atoms with E-state index in [1.165, 1.54) is 26.7 Å². The minimum atomic E-state index is -0.918. The molecule has 2 heterocycles. The van der Waals surface area contributed by atoms with Crippen LogP contribution in [0.15, 0.2) is 59.9 Å². The van der Waals surface area contributed by atoms with Crippen LogP contribution in [-0.2, 0) is 10.3 Å². The van der Waals surface area contributed by atoms with Crippen molar-refractivity contribution in [2.75, 3.05) is 20.8 Å². The van der Waals surface area contributed by atoms with E-state index >= 15 is 0 Å². The number of hydrogen-bond acceptors (Lipinski definition) is 6. The quantitative estimate of drug-likeness (QED) is 0.710. The number of rotatable bonds is 5. The normalized spacial score (nSPS) is 17.8. The van der Waals surface area contributed by atoms with Gasteiger partial charge in [-0.25, -0.2) is 9.38 Å². The summed E-state index contributed by atoms with van der Waals surface area (Å²) in [6, 6.07) is 11.6. The Labute approximate surface area is 167 Å². The van der Waals surface area contributed by atoms with Crippen molar-refractivity contribution in [3.63, 3.8) is 0 Å². The Hall–Kier alpha value is -3.61. The molecule has 0 aliphatic carbocycles. The van der Waals surface area contributed by atoms with E-state index in [4.69, 9.17) is 14.2 Å². The summed E-state index contributed by atoms with van der Waals surface area (Å²) in [5.74, 6) is 0.489. The molecule has 2 aromatic carbocycles. The van der Waals surface area contributed by atoms with Crippen LogP contribution in [0.2, 0.25) is 0 Å². The minimum absolute atomic E-state index is 0.00851. The molecule has 148 valence electrons. The zero-order valence-corrected chi connectivity index (χ0v) is 15.9. The van der Waals surface area contributed by atoms with Gasteiger partial charge in [0.15, 0.2) is 17.9 Å². The second-order valence-corrected chi connectivity index (χ2v) is 6.60. The second kappa shape index (κ2) is 7.43. The van der Waals surface area contributed by atoms with E-state index in [9.17, 15) is 9.50 Å². The number of phenols is 1. The lowest BCUT2D eigenvalue weighted by Gasteiger charge is -2.26. The van der Waals surface area contributed by atoms with Gasteiger partial charge in [0.2, 0.25) is 0 Å². The van der Waals surface area contributed by atoms with Crippen molar-refractivity contribution in [2.45, 2.75) is 5.54 Å². The van der Waals surface area contributed by atoms with E-state index in [1.807, 2.05) is 0 Å². The van der Waals surface area contributed by atoms with E-state index in [0.29, 0.717) is 28.2 Å². The third kappa shape index (κ3) is 3.24. The van der Waals surface area contributed by atoms with Gasteiger partial charge in [0.25, 0.3) is 0 Å². The summed E-state index contributed by atoms with van der Waals surface area (Å²) in [6.07, 6.45) is 4.50. The van der Waals surface area contributed by atoms with Crippen molar-refractivity contribution in [1.82, 2.24) is 4.98 Å². The summed E-state index contributed by atoms with van der Waals surface area (Å²) in [6.45, 7) is 0.222. The van der Waals surface area contributed by atoms with E-state index in [1.54, 1.807) is 48.8 Å². The maximum atomic E-state index is 14.7. The van der Waals surface area contributed by atoms with Crippen LogP contribution in [-0.4, -0.2) is 37.3 Å². The van der Waals surface area contributed by atoms with Gasteiger partial charge in [-0.05, 0) is 41.5 Å². The second-order valence-electron chi connectivity index (χ2n) is 6.60. The van der Waals surface area contributed by atoms with Gasteiger partial charge in [-0.1, -0.05) is 12.1 Å². The van der Waals surface area contributed by atoms with E-state index in [2.05, 4.69) is 9.98 Å². The molecule has 1 aromatic heterocycles. The van der Waals surface area contributed by atoms with Crippen molar-refractivity contribution in [1.29, 1.82) is 0 Å². The Morgan fingerprint density at radius 1 is 1.03 bits per heavy atom. The maximum absolute atomic E-state index is 14.7. The molecule has 6 nitrogen and oxygen atoms in total. The molecule has 0 amide bonds. The molecule has 1 aliphatic rings. The maximum Gasteiger partial charge on any atom is 0.170 e. The highest BCUT2D eigenvalue weighted by Crippen LogP contribution is 2.41. The van der Waals surface area contributed by atoms with Gasteiger partial charge < -0.3 is 19.3 Å². The fourth-order valence-corrected chi connectivity index (χ4v) is 3.43. The molecule has 0 bridgehead atoms. The molecule has 3 aromatic rings. The molecular weight excluding hydrogens is 375 g/mol. The average Bonchev–Trinajstić information content (AvgIpc) is 3.25. The number of aliphatic imine (C=N–C) groups is 1. The SMILES string of the molecule is COc1cncc(-c2cc(C3(c4ccc(OC)c(O)c4)COC=N3)ccc2F)c1. The molecule has 29 heavy (non-hydrogen) atoms. The Morgan fingerprint density at radius 3 is 2.52 bits per heavy atom. The highest BCUT2D eigenvalue weighted by molar-refractivity contribution is 5.67. The standard InChI is InChI=1S/C22H19FN2O4/c1-27-17-7-14(10-24-11-17)18-8-15(3-5-19(18)23)22(12-29-13-25-22)16-4-6-21(28-2)20(26)9-16/h3-11,13,26H,12H2,1-2H3. The van der Waals surface area contributed by atoms with Crippen molar-refractivity contribution in [3.05, 3.63) is 71.8 Å². The predicted molar refractivity (Wildman–Crippen MR) is 106 cm³/mol. The highest BCUT2D eigenvalue weighted by Gasteiger charge is 2.38. The van der Waals surface area contributed by atoms with Crippen LogP contribution < -0.4 is 9.47 Å². The topological polar surface area (TPSA) is 73.2 Å². The van der Waals surface area contributed by atoms with Gasteiger partial charge in [-0.3, -0.25) is 4.98 Å². The smallest absolute Gasteiger partial charge is 0.170 e. The van der Waals surface area contributed by atoms with Crippen LogP contribution >= 0.6 is 0 Å². The Morgan fingerprint density at radius 2 is 1.83 bits per heavy atom. The number of pyridine rings is 1. The molecule has 0 saturated heterocycles. The first kappa shape index (κ1) is 18.7. The molecule has 1 N–H and O–H groups in total. The van der Waals surface area contributed by atoms with Gasteiger partial charge >= 0.3 is 0 Å². The number of benzene rings is 2. The van der Waals surface area contributed by atoms with Crippen LogP contribution in [0.4, 0.5) is 4.39 Å². The number of ether oxygens (including phenoxy) is 3. The summed E-state index contributed by atoms with van der Waals surface area (Å²) in [7, 11) is 3.01. The molecule has 0 spiro atoms. The predicted octanol–water partition coefficient (Wildman–Crippen LogP) is 3.91. The first-order valence-electron chi connectivity index (χ1n) is 8.89. The van der Waals surface area contributed by atoms with Gasteiger partial charge in [0.05, 0.1) is 20.4 Å². The van der Waals surface area contributed by atoms with Gasteiger partial charge in [0.1, 0.15) is 23.7 Å². The number of aromatic nitrogens is 1. The number of aromatic hydroxyl groups is 1. The lowest BCUT2D eigenvalue weighted by atomic mass is 9.83. The zero-order chi connectivity index (χ0) is 20.4. The van der Waals surface area contributed by atoms with Crippen LogP contribution in [0.3, 0.4) is 0 Å². The highest BCUT2D eigenvalue weighted by atomic mass is 19.1. The minimum Gasteiger partial charge on any atom is -0.504 e. The Balaban J connectivity index is 1.85. The number of halogens is 1. The lowest BCUT2D eigenvalue weighted by molar-refractivity contribution is 0.289. The Kier molecular flexibility index (Phi) is 4.80. The lowest BCUT2D eigenvalue weighted by Crippen LogP contribution is -2.27. The number of phenolic OH excluding ortho intramolecular Hbond substituents is 1. The van der Waals surface area contributed by atoms with E-state index < -0.39 is 5.54 Å². The van der Waals surface area contributed by atoms with Gasteiger partial charge in [-0.2, -0.15) is 0 Å². The molecule has 1 unspecified atom stereocenters. The van der Waals surface area contributed by atoms with Crippen molar-refractivity contribution in [2.24, 2.45) is 4.99 Å². The first-order chi connectivity index (χ1) is 14.1. The van der Waals surface area contributed by atoms with Crippen LogP contribution in [0.25, 0.3) is 11.1 Å². The van der Waals surface area contributed by atoms with Crippen molar-refractivity contribution >= 4 is 6.40 Å². The average molecular weight is 394 g/mol. The summed E-state index contributed by atoms with van der Waals surface area (Å²) in [5.41, 5.74) is 1.45. The fourth-order valence-electron chi connectivity index (χ4n) is 3.43. The molecule has 0 radical (unpaired) electrons. The molecular formula is C22H19FN2O4. The summed E-state index contributed by atoms with van der Waals surface area (Å²) < 4.78 is 30.5. The molecule has 7 heteroatoms. The van der Waals surface area contributed by atoms with Crippen LogP contribution in [0.1, 0.15) is 11.1 Å². The third-order valence-electron chi connectivity index (χ3n) is 5.00. The molecule has 4 rings (SSSR count). The van der Waals surface area contributed by atoms with Crippen LogP contribution in [0.5, 0.6) is 17.2 Å². The summed E-state index contributed by atoms with van der Waals surface area (Å²) in [4.78, 5) is 8.65. The molecule has 0 fully saturated rings. The fraction of sp³-hybridized carbons (Fsp3) is 0.182. The number of nitrogens with zero attached hydrogens (tertiary/aromatic N) is 2. The molecule has 0 saturated carbocycles. The zero-order valence-electron chi connectivity index (χ0n) is 15.9. The number of methoxy groups -OCH3 is 2. The van der Waals surface area contributed by atoms with Crippen molar-refractivity contribution < 1.29 is 23.7 Å². The Bertz CT molecular complexity index is 1090. The number of hydrogen-bond donors (Lipinski definition) is 1. The molecule has 1 atom stereocenters. The molecule has 1 aliphatic heterocycles. The summed E-state index contributed by atoms with van der Waals surface area (Å²) in [5, 5.41) is 10.2. The van der Waals surface area contributed by atoms with Crippen LogP contribution in [0, 0.1) is 5.82 Å². The van der Waals surface area contributed by atoms with E-state index in [0.717, 1.165) is 5.56 Å².